The summed E-state index contributed by atoms with van der Waals surface area (Å²) in [5, 5.41) is 0.611. The summed E-state index contributed by atoms with van der Waals surface area (Å²) in [5.74, 6) is 1.39. The Morgan fingerprint density at radius 2 is 1.68 bits per heavy atom. The van der Waals surface area contributed by atoms with Crippen LogP contribution in [0.25, 0.3) is 11.1 Å². The Morgan fingerprint density at radius 1 is 0.935 bits per heavy atom. The first-order valence-electron chi connectivity index (χ1n) is 10.2. The number of nitrogens with zero attached hydrogens (tertiary/aromatic N) is 5. The number of hydrogen-bond acceptors (Lipinski definition) is 7. The average Bonchev–Trinajstić information content (AvgIpc) is 3.26. The Labute approximate surface area is 184 Å². The molecule has 4 aromatic rings. The zero-order valence-corrected chi connectivity index (χ0v) is 17.7. The van der Waals surface area contributed by atoms with E-state index in [4.69, 9.17) is 4.42 Å². The second-order valence-electron chi connectivity index (χ2n) is 7.22. The highest BCUT2D eigenvalue weighted by Gasteiger charge is 2.24. The lowest BCUT2D eigenvalue weighted by atomic mass is 10.1. The van der Waals surface area contributed by atoms with E-state index in [0.29, 0.717) is 30.0 Å². The molecule has 0 aliphatic carbocycles. The van der Waals surface area contributed by atoms with Crippen LogP contribution in [-0.2, 0) is 5.75 Å². The summed E-state index contributed by atoms with van der Waals surface area (Å²) < 4.78 is 5.80. The zero-order valence-electron chi connectivity index (χ0n) is 16.8. The van der Waals surface area contributed by atoms with Crippen molar-refractivity contribution in [2.24, 2.45) is 0 Å². The van der Waals surface area contributed by atoms with E-state index in [2.05, 4.69) is 19.9 Å². The van der Waals surface area contributed by atoms with E-state index < -0.39 is 0 Å². The first-order valence-corrected chi connectivity index (χ1v) is 11.1. The molecule has 0 spiro atoms. The van der Waals surface area contributed by atoms with Gasteiger partial charge in [0, 0.05) is 49.9 Å². The van der Waals surface area contributed by atoms with Crippen LogP contribution >= 0.6 is 11.8 Å². The summed E-state index contributed by atoms with van der Waals surface area (Å²) in [5.41, 5.74) is 3.33. The SMILES string of the molecule is O=C(c1ccccc1CSc1nc2ccccc2o1)N1CCN(c2ncccn2)CC1. The molecule has 1 aliphatic heterocycles. The van der Waals surface area contributed by atoms with Crippen LogP contribution in [0, 0.1) is 0 Å². The van der Waals surface area contributed by atoms with Crippen LogP contribution in [-0.4, -0.2) is 51.9 Å². The molecule has 3 heterocycles. The molecule has 0 radical (unpaired) electrons. The average molecular weight is 432 g/mol. The number of oxazole rings is 1. The van der Waals surface area contributed by atoms with Gasteiger partial charge in [0.05, 0.1) is 0 Å². The fourth-order valence-corrected chi connectivity index (χ4v) is 4.48. The van der Waals surface area contributed by atoms with Gasteiger partial charge >= 0.3 is 0 Å². The van der Waals surface area contributed by atoms with Crippen LogP contribution in [0.15, 0.2) is 76.6 Å². The number of piperazine rings is 1. The number of amides is 1. The van der Waals surface area contributed by atoms with Gasteiger partial charge in [-0.3, -0.25) is 4.79 Å². The summed E-state index contributed by atoms with van der Waals surface area (Å²) in [6, 6.07) is 17.3. The van der Waals surface area contributed by atoms with Gasteiger partial charge < -0.3 is 14.2 Å². The fourth-order valence-electron chi connectivity index (χ4n) is 3.64. The van der Waals surface area contributed by atoms with Crippen molar-refractivity contribution in [3.63, 3.8) is 0 Å². The second kappa shape index (κ2) is 8.77. The van der Waals surface area contributed by atoms with Crippen LogP contribution in [0.5, 0.6) is 0 Å². The van der Waals surface area contributed by atoms with Gasteiger partial charge in [0.2, 0.25) is 5.95 Å². The summed E-state index contributed by atoms with van der Waals surface area (Å²) in [4.78, 5) is 30.4. The molecule has 0 bridgehead atoms. The quantitative estimate of drug-likeness (QED) is 0.444. The molecule has 156 valence electrons. The van der Waals surface area contributed by atoms with Crippen molar-refractivity contribution in [3.05, 3.63) is 78.1 Å². The van der Waals surface area contributed by atoms with Crippen LogP contribution in [0.3, 0.4) is 0 Å². The Bertz CT molecular complexity index is 1160. The van der Waals surface area contributed by atoms with Gasteiger partial charge in [-0.2, -0.15) is 0 Å². The van der Waals surface area contributed by atoms with Gasteiger partial charge in [-0.25, -0.2) is 15.0 Å². The molecular formula is C23H21N5O2S. The molecule has 1 aliphatic rings. The molecule has 8 heteroatoms. The molecule has 0 unspecified atom stereocenters. The Hall–Kier alpha value is -3.39. The summed E-state index contributed by atoms with van der Waals surface area (Å²) in [7, 11) is 0. The van der Waals surface area contributed by atoms with E-state index in [9.17, 15) is 4.79 Å². The van der Waals surface area contributed by atoms with E-state index in [1.54, 1.807) is 18.5 Å². The molecule has 0 N–H and O–H groups in total. The van der Waals surface area contributed by atoms with Crippen molar-refractivity contribution in [2.45, 2.75) is 11.0 Å². The maximum atomic E-state index is 13.2. The smallest absolute Gasteiger partial charge is 0.257 e. The minimum absolute atomic E-state index is 0.0578. The lowest BCUT2D eigenvalue weighted by Crippen LogP contribution is -2.49. The van der Waals surface area contributed by atoms with Crippen LogP contribution in [0.2, 0.25) is 0 Å². The highest BCUT2D eigenvalue weighted by atomic mass is 32.2. The topological polar surface area (TPSA) is 75.4 Å². The lowest BCUT2D eigenvalue weighted by molar-refractivity contribution is 0.0745. The van der Waals surface area contributed by atoms with E-state index in [1.807, 2.05) is 53.4 Å². The van der Waals surface area contributed by atoms with Crippen LogP contribution < -0.4 is 4.90 Å². The largest absolute Gasteiger partial charge is 0.431 e. The number of hydrogen-bond donors (Lipinski definition) is 0. The number of rotatable bonds is 5. The van der Waals surface area contributed by atoms with Crippen molar-refractivity contribution in [2.75, 3.05) is 31.1 Å². The Kier molecular flexibility index (Phi) is 5.54. The molecule has 1 amide bonds. The Morgan fingerprint density at radius 3 is 2.48 bits per heavy atom. The van der Waals surface area contributed by atoms with Crippen molar-refractivity contribution in [1.82, 2.24) is 19.9 Å². The minimum atomic E-state index is 0.0578. The van der Waals surface area contributed by atoms with Crippen molar-refractivity contribution < 1.29 is 9.21 Å². The second-order valence-corrected chi connectivity index (χ2v) is 8.15. The molecule has 1 saturated heterocycles. The summed E-state index contributed by atoms with van der Waals surface area (Å²) in [6.45, 7) is 2.72. The first kappa shape index (κ1) is 19.6. The molecule has 2 aromatic heterocycles. The standard InChI is InChI=1S/C23H21N5O2S/c29-21(27-12-14-28(15-13-27)22-24-10-5-11-25-22)18-7-2-1-6-17(18)16-31-23-26-19-8-3-4-9-20(19)30-23/h1-11H,12-16H2. The van der Waals surface area contributed by atoms with Gasteiger partial charge in [0.1, 0.15) is 5.52 Å². The van der Waals surface area contributed by atoms with Gasteiger partial charge in [-0.05, 0) is 29.8 Å². The number of fused-ring (bicyclic) bond motifs is 1. The molecular weight excluding hydrogens is 410 g/mol. The molecule has 7 nitrogen and oxygen atoms in total. The molecule has 5 rings (SSSR count). The fraction of sp³-hybridized carbons (Fsp3) is 0.217. The molecule has 31 heavy (non-hydrogen) atoms. The maximum Gasteiger partial charge on any atom is 0.257 e. The van der Waals surface area contributed by atoms with Crippen molar-refractivity contribution >= 4 is 34.7 Å². The molecule has 1 fully saturated rings. The van der Waals surface area contributed by atoms with Crippen molar-refractivity contribution in [1.29, 1.82) is 0 Å². The van der Waals surface area contributed by atoms with Gasteiger partial charge in [-0.1, -0.05) is 42.1 Å². The van der Waals surface area contributed by atoms with Gasteiger partial charge in [0.25, 0.3) is 11.1 Å². The number of para-hydroxylation sites is 2. The number of carbonyl (C=O) groups is 1. The number of anilines is 1. The maximum absolute atomic E-state index is 13.2. The minimum Gasteiger partial charge on any atom is -0.431 e. The first-order chi connectivity index (χ1) is 15.3. The van der Waals surface area contributed by atoms with Gasteiger partial charge in [0.15, 0.2) is 5.58 Å². The number of carbonyl (C=O) groups excluding carboxylic acids is 1. The van der Waals surface area contributed by atoms with E-state index in [0.717, 1.165) is 35.3 Å². The number of benzene rings is 2. The van der Waals surface area contributed by atoms with Gasteiger partial charge in [-0.15, -0.1) is 0 Å². The third-order valence-corrected chi connectivity index (χ3v) is 6.15. The predicted molar refractivity (Wildman–Crippen MR) is 120 cm³/mol. The lowest BCUT2D eigenvalue weighted by Gasteiger charge is -2.35. The summed E-state index contributed by atoms with van der Waals surface area (Å²) >= 11 is 1.50. The third kappa shape index (κ3) is 4.25. The normalized spacial score (nSPS) is 14.2. The molecule has 2 aromatic carbocycles. The monoisotopic (exact) mass is 431 g/mol. The molecule has 0 atom stereocenters. The molecule has 0 saturated carbocycles. The highest BCUT2D eigenvalue weighted by Crippen LogP contribution is 2.28. The zero-order chi connectivity index (χ0) is 21.0. The highest BCUT2D eigenvalue weighted by molar-refractivity contribution is 7.98. The number of aromatic nitrogens is 3. The van der Waals surface area contributed by atoms with Crippen LogP contribution in [0.1, 0.15) is 15.9 Å². The Balaban J connectivity index is 1.26. The van der Waals surface area contributed by atoms with E-state index in [1.165, 1.54) is 11.8 Å². The van der Waals surface area contributed by atoms with Crippen molar-refractivity contribution in [3.8, 4) is 0 Å². The van der Waals surface area contributed by atoms with E-state index in [-0.39, 0.29) is 5.91 Å². The van der Waals surface area contributed by atoms with E-state index >= 15 is 0 Å². The number of thioether (sulfide) groups is 1. The third-order valence-electron chi connectivity index (χ3n) is 5.28. The summed E-state index contributed by atoms with van der Waals surface area (Å²) in [6.07, 6.45) is 3.48. The predicted octanol–water partition coefficient (Wildman–Crippen LogP) is 3.87. The van der Waals surface area contributed by atoms with Crippen LogP contribution in [0.4, 0.5) is 5.95 Å².